The summed E-state index contributed by atoms with van der Waals surface area (Å²) in [4.78, 5) is 17.4. The standard InChI is InChI=1S/C23H31FN4O2/c1-4-20-16(2)21(26-25-20)22(29)28-11-9-23(15-28)8-5-10-27(14-23)13-17-12-18(30-3)6-7-19(17)24/h6-7,12H,4-5,8-11,13-15H2,1-3H3,(H,25,26). The number of aryl methyl sites for hydroxylation is 1. The number of rotatable bonds is 5. The lowest BCUT2D eigenvalue weighted by Crippen LogP contribution is -2.45. The zero-order valence-electron chi connectivity index (χ0n) is 18.1. The molecule has 2 fully saturated rings. The van der Waals surface area contributed by atoms with Crippen molar-refractivity contribution in [3.8, 4) is 5.75 Å². The number of H-pyrrole nitrogens is 1. The van der Waals surface area contributed by atoms with Crippen LogP contribution in [0.1, 0.15) is 53.5 Å². The number of nitrogens with one attached hydrogen (secondary N) is 1. The van der Waals surface area contributed by atoms with Crippen LogP contribution < -0.4 is 4.74 Å². The van der Waals surface area contributed by atoms with E-state index in [2.05, 4.69) is 22.0 Å². The number of benzene rings is 1. The van der Waals surface area contributed by atoms with Gasteiger partial charge in [-0.3, -0.25) is 14.8 Å². The Morgan fingerprint density at radius 1 is 1.30 bits per heavy atom. The van der Waals surface area contributed by atoms with Gasteiger partial charge >= 0.3 is 0 Å². The van der Waals surface area contributed by atoms with Crippen molar-refractivity contribution in [3.05, 3.63) is 46.5 Å². The molecule has 162 valence electrons. The summed E-state index contributed by atoms with van der Waals surface area (Å²) in [5.41, 5.74) is 3.28. The summed E-state index contributed by atoms with van der Waals surface area (Å²) in [5.74, 6) is 0.507. The molecule has 3 heterocycles. The lowest BCUT2D eigenvalue weighted by atomic mass is 9.79. The summed E-state index contributed by atoms with van der Waals surface area (Å²) in [5, 5.41) is 7.28. The highest BCUT2D eigenvalue weighted by Gasteiger charge is 2.43. The van der Waals surface area contributed by atoms with Crippen LogP contribution in [0.4, 0.5) is 4.39 Å². The molecule has 0 aliphatic carbocycles. The van der Waals surface area contributed by atoms with Gasteiger partial charge in [-0.1, -0.05) is 6.92 Å². The van der Waals surface area contributed by atoms with Gasteiger partial charge < -0.3 is 9.64 Å². The van der Waals surface area contributed by atoms with Gasteiger partial charge in [0.15, 0.2) is 5.69 Å². The number of carbonyl (C=O) groups excluding carboxylic acids is 1. The highest BCUT2D eigenvalue weighted by molar-refractivity contribution is 5.94. The lowest BCUT2D eigenvalue weighted by Gasteiger charge is -2.40. The molecule has 2 aliphatic heterocycles. The van der Waals surface area contributed by atoms with E-state index in [9.17, 15) is 9.18 Å². The molecule has 2 saturated heterocycles. The molecule has 1 atom stereocenters. The number of hydrogen-bond donors (Lipinski definition) is 1. The highest BCUT2D eigenvalue weighted by atomic mass is 19.1. The average molecular weight is 415 g/mol. The van der Waals surface area contributed by atoms with Crippen LogP contribution in [-0.4, -0.2) is 59.2 Å². The third-order valence-electron chi connectivity index (χ3n) is 6.78. The van der Waals surface area contributed by atoms with Gasteiger partial charge in [0.2, 0.25) is 0 Å². The Morgan fingerprint density at radius 2 is 2.13 bits per heavy atom. The van der Waals surface area contributed by atoms with Gasteiger partial charge in [-0.05, 0) is 57.4 Å². The summed E-state index contributed by atoms with van der Waals surface area (Å²) in [6, 6.07) is 4.91. The van der Waals surface area contributed by atoms with E-state index in [4.69, 9.17) is 4.74 Å². The topological polar surface area (TPSA) is 61.5 Å². The maximum Gasteiger partial charge on any atom is 0.274 e. The van der Waals surface area contributed by atoms with Gasteiger partial charge in [0.1, 0.15) is 11.6 Å². The third-order valence-corrected chi connectivity index (χ3v) is 6.78. The number of piperidine rings is 1. The van der Waals surface area contributed by atoms with E-state index in [1.807, 2.05) is 11.8 Å². The predicted octanol–water partition coefficient (Wildman–Crippen LogP) is 3.56. The smallest absolute Gasteiger partial charge is 0.274 e. The van der Waals surface area contributed by atoms with Gasteiger partial charge in [0.25, 0.3) is 5.91 Å². The summed E-state index contributed by atoms with van der Waals surface area (Å²) >= 11 is 0. The Morgan fingerprint density at radius 3 is 2.87 bits per heavy atom. The Labute approximate surface area is 177 Å². The molecule has 30 heavy (non-hydrogen) atoms. The van der Waals surface area contributed by atoms with Crippen molar-refractivity contribution >= 4 is 5.91 Å². The zero-order chi connectivity index (χ0) is 21.3. The number of ether oxygens (including phenoxy) is 1. The van der Waals surface area contributed by atoms with E-state index in [1.165, 1.54) is 6.07 Å². The van der Waals surface area contributed by atoms with Crippen molar-refractivity contribution < 1.29 is 13.9 Å². The number of likely N-dealkylation sites (tertiary alicyclic amines) is 2. The van der Waals surface area contributed by atoms with Crippen LogP contribution in [-0.2, 0) is 13.0 Å². The normalized spacial score (nSPS) is 22.1. The Balaban J connectivity index is 1.44. The lowest BCUT2D eigenvalue weighted by molar-refractivity contribution is 0.0668. The van der Waals surface area contributed by atoms with Crippen molar-refractivity contribution in [3.63, 3.8) is 0 Å². The minimum absolute atomic E-state index is 0.0243. The van der Waals surface area contributed by atoms with Gasteiger partial charge in [-0.25, -0.2) is 4.39 Å². The molecule has 6 nitrogen and oxygen atoms in total. The number of carbonyl (C=O) groups is 1. The zero-order valence-corrected chi connectivity index (χ0v) is 18.1. The molecule has 1 unspecified atom stereocenters. The summed E-state index contributed by atoms with van der Waals surface area (Å²) < 4.78 is 19.6. The number of amides is 1. The van der Waals surface area contributed by atoms with Crippen LogP contribution in [0.3, 0.4) is 0 Å². The molecule has 4 rings (SSSR count). The summed E-state index contributed by atoms with van der Waals surface area (Å²) in [6.45, 7) is 7.92. The first-order valence-electron chi connectivity index (χ1n) is 10.8. The van der Waals surface area contributed by atoms with Crippen LogP contribution >= 0.6 is 0 Å². The second-order valence-electron chi connectivity index (χ2n) is 8.78. The number of methoxy groups -OCH3 is 1. The van der Waals surface area contributed by atoms with Gasteiger partial charge in [-0.15, -0.1) is 0 Å². The van der Waals surface area contributed by atoms with Crippen molar-refractivity contribution in [2.75, 3.05) is 33.3 Å². The average Bonchev–Trinajstić information content (AvgIpc) is 3.32. The number of hydrogen-bond acceptors (Lipinski definition) is 4. The van der Waals surface area contributed by atoms with Gasteiger partial charge in [0, 0.05) is 48.4 Å². The Bertz CT molecular complexity index is 928. The molecule has 2 aromatic rings. The Kier molecular flexibility index (Phi) is 5.82. The molecule has 0 radical (unpaired) electrons. The van der Waals surface area contributed by atoms with E-state index < -0.39 is 0 Å². The van der Waals surface area contributed by atoms with Gasteiger partial charge in [-0.2, -0.15) is 5.10 Å². The molecule has 0 saturated carbocycles. The van der Waals surface area contributed by atoms with E-state index in [0.29, 0.717) is 23.6 Å². The molecule has 1 amide bonds. The van der Waals surface area contributed by atoms with Crippen molar-refractivity contribution in [1.82, 2.24) is 20.0 Å². The first-order valence-corrected chi connectivity index (χ1v) is 10.8. The minimum atomic E-state index is -0.195. The molecule has 7 heteroatoms. The monoisotopic (exact) mass is 414 g/mol. The van der Waals surface area contributed by atoms with E-state index >= 15 is 0 Å². The quantitative estimate of drug-likeness (QED) is 0.813. The molecule has 1 aromatic heterocycles. The van der Waals surface area contributed by atoms with Crippen LogP contribution in [0.5, 0.6) is 5.75 Å². The molecule has 1 aromatic carbocycles. The second-order valence-corrected chi connectivity index (χ2v) is 8.78. The van der Waals surface area contributed by atoms with Crippen LogP contribution in [0.25, 0.3) is 0 Å². The van der Waals surface area contributed by atoms with Crippen molar-refractivity contribution in [1.29, 1.82) is 0 Å². The first kappa shape index (κ1) is 20.8. The fourth-order valence-corrected chi connectivity index (χ4v) is 5.06. The van der Waals surface area contributed by atoms with Crippen molar-refractivity contribution in [2.24, 2.45) is 5.41 Å². The summed E-state index contributed by atoms with van der Waals surface area (Å²) in [7, 11) is 1.60. The maximum atomic E-state index is 14.3. The largest absolute Gasteiger partial charge is 0.497 e. The third kappa shape index (κ3) is 3.95. The molecule has 1 spiro atoms. The summed E-state index contributed by atoms with van der Waals surface area (Å²) in [6.07, 6.45) is 3.99. The number of nitrogens with zero attached hydrogens (tertiary/aromatic N) is 3. The van der Waals surface area contributed by atoms with Crippen molar-refractivity contribution in [2.45, 2.75) is 46.1 Å². The van der Waals surface area contributed by atoms with Crippen LogP contribution in [0, 0.1) is 18.2 Å². The molecular weight excluding hydrogens is 383 g/mol. The fraction of sp³-hybridized carbons (Fsp3) is 0.565. The van der Waals surface area contributed by atoms with Crippen LogP contribution in [0.2, 0.25) is 0 Å². The van der Waals surface area contributed by atoms with E-state index in [1.54, 1.807) is 19.2 Å². The molecule has 0 bridgehead atoms. The van der Waals surface area contributed by atoms with Crippen LogP contribution in [0.15, 0.2) is 18.2 Å². The minimum Gasteiger partial charge on any atom is -0.497 e. The number of halogens is 1. The van der Waals surface area contributed by atoms with Gasteiger partial charge in [0.05, 0.1) is 7.11 Å². The Hall–Kier alpha value is -2.41. The maximum absolute atomic E-state index is 14.3. The molecular formula is C23H31FN4O2. The van der Waals surface area contributed by atoms with E-state index in [-0.39, 0.29) is 17.1 Å². The number of aromatic amines is 1. The molecule has 1 N–H and O–H groups in total. The second kappa shape index (κ2) is 8.38. The predicted molar refractivity (Wildman–Crippen MR) is 113 cm³/mol. The molecule has 2 aliphatic rings. The highest BCUT2D eigenvalue weighted by Crippen LogP contribution is 2.40. The van der Waals surface area contributed by atoms with E-state index in [0.717, 1.165) is 63.1 Å². The first-order chi connectivity index (χ1) is 14.4. The number of aromatic nitrogens is 2. The fourth-order valence-electron chi connectivity index (χ4n) is 5.06. The SMILES string of the molecule is CCc1[nH]nc(C(=O)N2CCC3(CCCN(Cc4cc(OC)ccc4F)C3)C2)c1C.